The van der Waals surface area contributed by atoms with Crippen LogP contribution in [0.25, 0.3) is 0 Å². The molecule has 16 heavy (non-hydrogen) atoms. The summed E-state index contributed by atoms with van der Waals surface area (Å²) < 4.78 is 5.81. The number of hydrogen-bond donors (Lipinski definition) is 2. The van der Waals surface area contributed by atoms with Crippen molar-refractivity contribution in [2.75, 3.05) is 6.61 Å². The Balaban J connectivity index is 2.64. The first-order valence-corrected chi connectivity index (χ1v) is 6.60. The fourth-order valence-electron chi connectivity index (χ4n) is 2.44. The lowest BCUT2D eigenvalue weighted by Crippen LogP contribution is -2.46. The van der Waals surface area contributed by atoms with Gasteiger partial charge in [-0.3, -0.25) is 11.3 Å². The molecule has 3 N–H and O–H groups in total. The summed E-state index contributed by atoms with van der Waals surface area (Å²) in [4.78, 5) is 0. The summed E-state index contributed by atoms with van der Waals surface area (Å²) in [5.74, 6) is 5.69. The number of allylic oxidation sites excluding steroid dienone is 1. The molecule has 2 atom stereocenters. The first-order chi connectivity index (χ1) is 7.83. The average molecular weight is 226 g/mol. The number of hydrogen-bond acceptors (Lipinski definition) is 3. The molecule has 94 valence electrons. The van der Waals surface area contributed by atoms with Crippen molar-refractivity contribution in [3.8, 4) is 0 Å². The highest BCUT2D eigenvalue weighted by Crippen LogP contribution is 2.24. The lowest BCUT2D eigenvalue weighted by molar-refractivity contribution is 0.0358. The molecule has 1 rings (SSSR count). The van der Waals surface area contributed by atoms with Gasteiger partial charge in [0.25, 0.3) is 0 Å². The first kappa shape index (κ1) is 13.7. The summed E-state index contributed by atoms with van der Waals surface area (Å²) in [6.07, 6.45) is 9.74. The minimum Gasteiger partial charge on any atom is -0.376 e. The topological polar surface area (TPSA) is 47.3 Å². The van der Waals surface area contributed by atoms with Crippen LogP contribution in [0, 0.1) is 0 Å². The Morgan fingerprint density at radius 1 is 1.44 bits per heavy atom. The second kappa shape index (κ2) is 7.82. The van der Waals surface area contributed by atoms with Gasteiger partial charge in [0.1, 0.15) is 0 Å². The minimum atomic E-state index is 0.209. The fourth-order valence-corrected chi connectivity index (χ4v) is 2.44. The molecular weight excluding hydrogens is 200 g/mol. The largest absolute Gasteiger partial charge is 0.376 e. The molecule has 1 aliphatic carbocycles. The highest BCUT2D eigenvalue weighted by atomic mass is 16.5. The van der Waals surface area contributed by atoms with E-state index in [9.17, 15) is 0 Å². The summed E-state index contributed by atoms with van der Waals surface area (Å²) >= 11 is 0. The molecule has 0 aliphatic heterocycles. The quantitative estimate of drug-likeness (QED) is 0.398. The van der Waals surface area contributed by atoms with Crippen molar-refractivity contribution >= 4 is 0 Å². The maximum atomic E-state index is 5.81. The van der Waals surface area contributed by atoms with Gasteiger partial charge in [0.05, 0.1) is 12.1 Å². The number of nitrogens with two attached hydrogens (primary N) is 1. The normalized spacial score (nSPS) is 20.3. The predicted molar refractivity (Wildman–Crippen MR) is 68.0 cm³/mol. The SMILES string of the molecule is CCCC(OCC)C(NN)C1=CCCCC1. The van der Waals surface area contributed by atoms with Gasteiger partial charge in [-0.05, 0) is 39.0 Å². The van der Waals surface area contributed by atoms with Crippen molar-refractivity contribution in [2.24, 2.45) is 5.84 Å². The van der Waals surface area contributed by atoms with Crippen LogP contribution in [-0.4, -0.2) is 18.8 Å². The second-order valence-corrected chi connectivity index (χ2v) is 4.45. The Bertz CT molecular complexity index is 210. The zero-order chi connectivity index (χ0) is 11.8. The van der Waals surface area contributed by atoms with Gasteiger partial charge in [-0.25, -0.2) is 0 Å². The smallest absolute Gasteiger partial charge is 0.0779 e. The van der Waals surface area contributed by atoms with E-state index in [1.807, 2.05) is 6.92 Å². The maximum absolute atomic E-state index is 5.81. The third-order valence-electron chi connectivity index (χ3n) is 3.23. The van der Waals surface area contributed by atoms with Crippen molar-refractivity contribution in [3.05, 3.63) is 11.6 Å². The molecule has 3 heteroatoms. The molecule has 0 heterocycles. The van der Waals surface area contributed by atoms with E-state index in [1.165, 1.54) is 31.3 Å². The number of ether oxygens (including phenoxy) is 1. The molecule has 0 aromatic heterocycles. The fraction of sp³-hybridized carbons (Fsp3) is 0.846. The zero-order valence-electron chi connectivity index (χ0n) is 10.7. The summed E-state index contributed by atoms with van der Waals surface area (Å²) in [5.41, 5.74) is 4.39. The van der Waals surface area contributed by atoms with E-state index in [0.29, 0.717) is 0 Å². The van der Waals surface area contributed by atoms with Gasteiger partial charge in [-0.15, -0.1) is 0 Å². The highest BCUT2D eigenvalue weighted by Gasteiger charge is 2.24. The van der Waals surface area contributed by atoms with Gasteiger partial charge >= 0.3 is 0 Å². The van der Waals surface area contributed by atoms with Crippen LogP contribution < -0.4 is 11.3 Å². The van der Waals surface area contributed by atoms with Crippen LogP contribution in [0.1, 0.15) is 52.4 Å². The van der Waals surface area contributed by atoms with Gasteiger partial charge in [0.15, 0.2) is 0 Å². The first-order valence-electron chi connectivity index (χ1n) is 6.60. The van der Waals surface area contributed by atoms with Crippen molar-refractivity contribution in [3.63, 3.8) is 0 Å². The molecule has 0 aromatic carbocycles. The van der Waals surface area contributed by atoms with E-state index in [2.05, 4.69) is 18.4 Å². The van der Waals surface area contributed by atoms with Gasteiger partial charge in [0, 0.05) is 6.61 Å². The van der Waals surface area contributed by atoms with Crippen LogP contribution in [-0.2, 0) is 4.74 Å². The van der Waals surface area contributed by atoms with Crippen LogP contribution >= 0.6 is 0 Å². The van der Waals surface area contributed by atoms with E-state index in [1.54, 1.807) is 0 Å². The monoisotopic (exact) mass is 226 g/mol. The number of rotatable bonds is 7. The third-order valence-corrected chi connectivity index (χ3v) is 3.23. The lowest BCUT2D eigenvalue weighted by atomic mass is 9.90. The van der Waals surface area contributed by atoms with E-state index < -0.39 is 0 Å². The van der Waals surface area contributed by atoms with Crippen molar-refractivity contribution in [1.29, 1.82) is 0 Å². The molecule has 0 amide bonds. The number of hydrazine groups is 1. The van der Waals surface area contributed by atoms with E-state index >= 15 is 0 Å². The van der Waals surface area contributed by atoms with Gasteiger partial charge in [-0.1, -0.05) is 25.0 Å². The van der Waals surface area contributed by atoms with Gasteiger partial charge in [0.2, 0.25) is 0 Å². The Hall–Kier alpha value is -0.380. The maximum Gasteiger partial charge on any atom is 0.0779 e. The molecule has 0 fully saturated rings. The summed E-state index contributed by atoms with van der Waals surface area (Å²) in [6, 6.07) is 0.209. The van der Waals surface area contributed by atoms with Gasteiger partial charge in [-0.2, -0.15) is 0 Å². The molecule has 0 bridgehead atoms. The molecule has 0 spiro atoms. The third kappa shape index (κ3) is 3.89. The molecular formula is C13H26N2O. The van der Waals surface area contributed by atoms with E-state index in [-0.39, 0.29) is 12.1 Å². The molecule has 3 nitrogen and oxygen atoms in total. The second-order valence-electron chi connectivity index (χ2n) is 4.45. The van der Waals surface area contributed by atoms with Crippen LogP contribution in [0.2, 0.25) is 0 Å². The van der Waals surface area contributed by atoms with Crippen molar-refractivity contribution in [1.82, 2.24) is 5.43 Å². The molecule has 0 saturated carbocycles. The standard InChI is InChI=1S/C13H26N2O/c1-3-8-12(16-4-2)13(15-14)11-9-6-5-7-10-11/h9,12-13,15H,3-8,10,14H2,1-2H3. The van der Waals surface area contributed by atoms with Gasteiger partial charge < -0.3 is 4.74 Å². The van der Waals surface area contributed by atoms with Crippen LogP contribution in [0.5, 0.6) is 0 Å². The van der Waals surface area contributed by atoms with Crippen molar-refractivity contribution in [2.45, 2.75) is 64.5 Å². The van der Waals surface area contributed by atoms with Crippen LogP contribution in [0.3, 0.4) is 0 Å². The molecule has 2 unspecified atom stereocenters. The summed E-state index contributed by atoms with van der Waals surface area (Å²) in [7, 11) is 0. The Kier molecular flexibility index (Phi) is 6.69. The molecule has 1 aliphatic rings. The molecule has 0 saturated heterocycles. The average Bonchev–Trinajstić information content (AvgIpc) is 2.32. The van der Waals surface area contributed by atoms with Crippen LogP contribution in [0.4, 0.5) is 0 Å². The lowest BCUT2D eigenvalue weighted by Gasteiger charge is -2.30. The Labute approximate surface area is 99.4 Å². The Morgan fingerprint density at radius 3 is 2.75 bits per heavy atom. The van der Waals surface area contributed by atoms with Crippen LogP contribution in [0.15, 0.2) is 11.6 Å². The predicted octanol–water partition coefficient (Wildman–Crippen LogP) is 2.52. The number of nitrogens with one attached hydrogen (secondary N) is 1. The van der Waals surface area contributed by atoms with E-state index in [0.717, 1.165) is 19.4 Å². The minimum absolute atomic E-state index is 0.209. The highest BCUT2D eigenvalue weighted by molar-refractivity contribution is 5.15. The molecule has 0 radical (unpaired) electrons. The van der Waals surface area contributed by atoms with Crippen molar-refractivity contribution < 1.29 is 4.74 Å². The summed E-state index contributed by atoms with van der Waals surface area (Å²) in [5, 5.41) is 0. The summed E-state index contributed by atoms with van der Waals surface area (Å²) in [6.45, 7) is 5.00. The molecule has 0 aromatic rings. The Morgan fingerprint density at radius 2 is 2.25 bits per heavy atom. The van der Waals surface area contributed by atoms with E-state index in [4.69, 9.17) is 10.6 Å². The zero-order valence-corrected chi connectivity index (χ0v) is 10.7.